The van der Waals surface area contributed by atoms with Gasteiger partial charge in [0.05, 0.1) is 31.3 Å². The molecule has 2 aliphatic carbocycles. The summed E-state index contributed by atoms with van der Waals surface area (Å²) >= 11 is 0. The summed E-state index contributed by atoms with van der Waals surface area (Å²) in [6.07, 6.45) is 18.0. The molecule has 0 N–H and O–H groups in total. The molecule has 246 valence electrons. The molecule has 4 aliphatic rings. The first-order chi connectivity index (χ1) is 21.6. The Bertz CT molecular complexity index is 1010. The third-order valence-corrected chi connectivity index (χ3v) is 10.7. The van der Waals surface area contributed by atoms with Crippen LogP contribution in [-0.4, -0.2) is 56.2 Å². The predicted octanol–water partition coefficient (Wildman–Crippen LogP) is 8.07. The number of unbranched alkanes of at least 4 members (excludes halogenated alkanes) is 5. The highest BCUT2D eigenvalue weighted by atomic mass is 16.7. The van der Waals surface area contributed by atoms with Gasteiger partial charge in [-0.3, -0.25) is 4.79 Å². The molecule has 0 aromatic heterocycles. The summed E-state index contributed by atoms with van der Waals surface area (Å²) < 4.78 is 29.4. The molecular weight excluding hydrogens is 556 g/mol. The number of rotatable bonds is 15. The predicted molar refractivity (Wildman–Crippen MR) is 170 cm³/mol. The Morgan fingerprint density at radius 3 is 1.93 bits per heavy atom. The summed E-state index contributed by atoms with van der Waals surface area (Å²) in [7, 11) is 0. The van der Waals surface area contributed by atoms with Crippen molar-refractivity contribution in [3.05, 3.63) is 29.8 Å². The van der Waals surface area contributed by atoms with Crippen molar-refractivity contribution >= 4 is 11.9 Å². The Hall–Kier alpha value is -2.12. The lowest BCUT2D eigenvalue weighted by Gasteiger charge is -2.37. The maximum Gasteiger partial charge on any atom is 0.338 e. The second-order valence-electron chi connectivity index (χ2n) is 13.8. The molecule has 0 spiro atoms. The molecule has 4 atom stereocenters. The van der Waals surface area contributed by atoms with Crippen LogP contribution in [0, 0.1) is 23.7 Å². The van der Waals surface area contributed by atoms with Gasteiger partial charge in [-0.15, -0.1) is 0 Å². The largest absolute Gasteiger partial charge is 0.494 e. The van der Waals surface area contributed by atoms with E-state index in [9.17, 15) is 9.59 Å². The first-order valence-electron chi connectivity index (χ1n) is 17.9. The fourth-order valence-corrected chi connectivity index (χ4v) is 7.95. The maximum atomic E-state index is 13.1. The number of carbonyl (C=O) groups excluding carboxylic acids is 2. The number of fused-ring (bicyclic) bond motifs is 1. The molecule has 1 aromatic rings. The molecule has 2 saturated carbocycles. The van der Waals surface area contributed by atoms with Crippen LogP contribution in [0.5, 0.6) is 5.75 Å². The number of ether oxygens (including phenoxy) is 5. The average Bonchev–Trinajstić information content (AvgIpc) is 3.64. The SMILES string of the molecule is CCCCCCOc1ccc(C(=O)O[C@H]2CO[C@@H]3[C@H]2OC[C@H]3OC(=O)C2CCC(C3CCC(CCCCC)CC3)CC2)cc1. The Kier molecular flexibility index (Phi) is 12.8. The van der Waals surface area contributed by atoms with Gasteiger partial charge in [0.25, 0.3) is 0 Å². The van der Waals surface area contributed by atoms with Gasteiger partial charge in [-0.25, -0.2) is 4.79 Å². The third kappa shape index (κ3) is 8.99. The van der Waals surface area contributed by atoms with E-state index in [0.717, 1.165) is 62.0 Å². The third-order valence-electron chi connectivity index (χ3n) is 10.7. The first kappa shape index (κ1) is 33.2. The van der Waals surface area contributed by atoms with Crippen LogP contribution in [0.4, 0.5) is 0 Å². The van der Waals surface area contributed by atoms with Crippen molar-refractivity contribution in [1.82, 2.24) is 0 Å². The normalized spacial score (nSPS) is 31.8. The van der Waals surface area contributed by atoms with Crippen molar-refractivity contribution in [1.29, 1.82) is 0 Å². The molecule has 4 fully saturated rings. The Labute approximate surface area is 265 Å². The summed E-state index contributed by atoms with van der Waals surface area (Å²) in [5.41, 5.74) is 0.461. The van der Waals surface area contributed by atoms with Crippen LogP contribution in [0.25, 0.3) is 0 Å². The quantitative estimate of drug-likeness (QED) is 0.146. The van der Waals surface area contributed by atoms with Crippen molar-refractivity contribution in [3.8, 4) is 5.75 Å². The second kappa shape index (κ2) is 17.0. The highest BCUT2D eigenvalue weighted by molar-refractivity contribution is 5.89. The van der Waals surface area contributed by atoms with Crippen LogP contribution in [0.1, 0.15) is 127 Å². The van der Waals surface area contributed by atoms with Crippen LogP contribution in [0.15, 0.2) is 24.3 Å². The maximum absolute atomic E-state index is 13.1. The molecule has 0 bridgehead atoms. The van der Waals surface area contributed by atoms with Crippen molar-refractivity contribution in [3.63, 3.8) is 0 Å². The Morgan fingerprint density at radius 2 is 1.30 bits per heavy atom. The standard InChI is InChI=1S/C37H56O7/c1-3-5-7-9-23-40-31-21-19-30(20-22-31)37(39)44-33-25-42-34-32(24-41-35(33)34)43-36(38)29-17-15-28(16-18-29)27-13-11-26(12-14-27)10-8-6-4-2/h19-22,26-29,32-35H,3-18,23-25H2,1-2H3/t26?,27?,28?,29?,32-,33+,34+,35+/m1/s1. The molecule has 44 heavy (non-hydrogen) atoms. The van der Waals surface area contributed by atoms with Crippen molar-refractivity contribution in [2.24, 2.45) is 23.7 Å². The van der Waals surface area contributed by atoms with Crippen LogP contribution >= 0.6 is 0 Å². The van der Waals surface area contributed by atoms with Crippen LogP contribution in [-0.2, 0) is 23.7 Å². The van der Waals surface area contributed by atoms with E-state index in [1.807, 2.05) is 0 Å². The minimum Gasteiger partial charge on any atom is -0.494 e. The van der Waals surface area contributed by atoms with E-state index in [1.165, 1.54) is 64.2 Å². The molecule has 2 heterocycles. The monoisotopic (exact) mass is 612 g/mol. The van der Waals surface area contributed by atoms with Gasteiger partial charge < -0.3 is 23.7 Å². The van der Waals surface area contributed by atoms with E-state index >= 15 is 0 Å². The molecule has 7 heteroatoms. The summed E-state index contributed by atoms with van der Waals surface area (Å²) in [5, 5.41) is 0. The number of carbonyl (C=O) groups is 2. The van der Waals surface area contributed by atoms with E-state index in [1.54, 1.807) is 24.3 Å². The van der Waals surface area contributed by atoms with Crippen molar-refractivity contribution < 1.29 is 33.3 Å². The minimum absolute atomic E-state index is 0.0333. The van der Waals surface area contributed by atoms with Gasteiger partial charge in [-0.2, -0.15) is 0 Å². The van der Waals surface area contributed by atoms with Gasteiger partial charge in [-0.05, 0) is 87.0 Å². The van der Waals surface area contributed by atoms with E-state index in [0.29, 0.717) is 12.2 Å². The molecular formula is C37H56O7. The van der Waals surface area contributed by atoms with Gasteiger partial charge >= 0.3 is 11.9 Å². The number of hydrogen-bond acceptors (Lipinski definition) is 7. The van der Waals surface area contributed by atoms with Crippen LogP contribution in [0.3, 0.4) is 0 Å². The zero-order chi connectivity index (χ0) is 30.7. The summed E-state index contributed by atoms with van der Waals surface area (Å²) in [6, 6.07) is 7.07. The van der Waals surface area contributed by atoms with Gasteiger partial charge in [0.2, 0.25) is 0 Å². The number of hydrogen-bond donors (Lipinski definition) is 0. The molecule has 0 radical (unpaired) electrons. The summed E-state index contributed by atoms with van der Waals surface area (Å²) in [5.74, 6) is 2.74. The first-order valence-corrected chi connectivity index (χ1v) is 17.9. The smallest absolute Gasteiger partial charge is 0.338 e. The van der Waals surface area contributed by atoms with Crippen molar-refractivity contribution in [2.45, 2.75) is 141 Å². The number of esters is 2. The van der Waals surface area contributed by atoms with Gasteiger partial charge in [0.15, 0.2) is 12.2 Å². The Morgan fingerprint density at radius 1 is 0.705 bits per heavy atom. The van der Waals surface area contributed by atoms with Crippen molar-refractivity contribution in [2.75, 3.05) is 19.8 Å². The fourth-order valence-electron chi connectivity index (χ4n) is 7.95. The van der Waals surface area contributed by atoms with Gasteiger partial charge in [0.1, 0.15) is 18.0 Å². The molecule has 5 rings (SSSR count). The molecule has 0 unspecified atom stereocenters. The summed E-state index contributed by atoms with van der Waals surface area (Å²) in [4.78, 5) is 26.0. The number of benzene rings is 1. The van der Waals surface area contributed by atoms with E-state index in [4.69, 9.17) is 23.7 Å². The van der Waals surface area contributed by atoms with Gasteiger partial charge in [0, 0.05) is 0 Å². The van der Waals surface area contributed by atoms with Crippen LogP contribution in [0.2, 0.25) is 0 Å². The van der Waals surface area contributed by atoms with Gasteiger partial charge in [-0.1, -0.05) is 71.6 Å². The van der Waals surface area contributed by atoms with Crippen LogP contribution < -0.4 is 4.74 Å². The average molecular weight is 613 g/mol. The molecule has 0 amide bonds. The van der Waals surface area contributed by atoms with E-state index in [2.05, 4.69) is 13.8 Å². The zero-order valence-electron chi connectivity index (χ0n) is 27.2. The highest BCUT2D eigenvalue weighted by Crippen LogP contribution is 2.43. The lowest BCUT2D eigenvalue weighted by Crippen LogP contribution is -2.37. The highest BCUT2D eigenvalue weighted by Gasteiger charge is 2.51. The fraction of sp³-hybridized carbons (Fsp3) is 0.784. The second-order valence-corrected chi connectivity index (χ2v) is 13.8. The van der Waals surface area contributed by atoms with E-state index < -0.39 is 30.4 Å². The molecule has 2 aliphatic heterocycles. The molecule has 2 saturated heterocycles. The topological polar surface area (TPSA) is 80.3 Å². The Balaban J connectivity index is 1.000. The minimum atomic E-state index is -0.525. The molecule has 7 nitrogen and oxygen atoms in total. The lowest BCUT2D eigenvalue weighted by molar-refractivity contribution is -0.160. The summed E-state index contributed by atoms with van der Waals surface area (Å²) in [6.45, 7) is 5.66. The molecule has 1 aromatic carbocycles. The lowest BCUT2D eigenvalue weighted by atomic mass is 9.68. The zero-order valence-corrected chi connectivity index (χ0v) is 27.2. The van der Waals surface area contributed by atoms with E-state index in [-0.39, 0.29) is 25.1 Å².